The molecular formula is C13H20N2O2. The minimum atomic E-state index is -0.488. The minimum Gasteiger partial charge on any atom is -0.390 e. The Morgan fingerprint density at radius 1 is 1.41 bits per heavy atom. The van der Waals surface area contributed by atoms with Gasteiger partial charge in [-0.15, -0.1) is 0 Å². The summed E-state index contributed by atoms with van der Waals surface area (Å²) in [5.74, 6) is 0. The average molecular weight is 236 g/mol. The number of hydrogen-bond acceptors (Lipinski definition) is 4. The molecule has 1 atom stereocenters. The van der Waals surface area contributed by atoms with Crippen molar-refractivity contribution in [2.75, 3.05) is 19.0 Å². The molecule has 0 amide bonds. The van der Waals surface area contributed by atoms with E-state index in [-0.39, 0.29) is 6.61 Å². The molecule has 4 heteroatoms. The van der Waals surface area contributed by atoms with Gasteiger partial charge in [-0.3, -0.25) is 4.98 Å². The van der Waals surface area contributed by atoms with Crippen LogP contribution in [0.1, 0.15) is 42.3 Å². The highest BCUT2D eigenvalue weighted by atomic mass is 16.3. The van der Waals surface area contributed by atoms with E-state index in [1.807, 2.05) is 25.1 Å². The maximum absolute atomic E-state index is 10.1. The summed E-state index contributed by atoms with van der Waals surface area (Å²) in [7, 11) is 3.96. The van der Waals surface area contributed by atoms with Crippen molar-refractivity contribution in [3.05, 3.63) is 23.0 Å². The SMILES string of the molecule is CN(C)c1cc(CO)nc2c1CCCCC2O. The van der Waals surface area contributed by atoms with Crippen LogP contribution in [-0.2, 0) is 13.0 Å². The fourth-order valence-corrected chi connectivity index (χ4v) is 2.42. The number of fused-ring (bicyclic) bond motifs is 1. The second-order valence-electron chi connectivity index (χ2n) is 4.81. The van der Waals surface area contributed by atoms with Gasteiger partial charge in [-0.1, -0.05) is 6.42 Å². The van der Waals surface area contributed by atoms with Crippen LogP contribution < -0.4 is 4.90 Å². The molecule has 1 aromatic heterocycles. The van der Waals surface area contributed by atoms with Gasteiger partial charge in [0.05, 0.1) is 24.1 Å². The summed E-state index contributed by atoms with van der Waals surface area (Å²) in [5, 5.41) is 19.3. The summed E-state index contributed by atoms with van der Waals surface area (Å²) in [5.41, 5.74) is 3.60. The molecule has 0 radical (unpaired) electrons. The van der Waals surface area contributed by atoms with Crippen molar-refractivity contribution in [2.45, 2.75) is 38.4 Å². The number of rotatable bonds is 2. The first-order valence-electron chi connectivity index (χ1n) is 6.12. The fraction of sp³-hybridized carbons (Fsp3) is 0.615. The number of nitrogens with zero attached hydrogens (tertiary/aromatic N) is 2. The Morgan fingerprint density at radius 3 is 2.82 bits per heavy atom. The summed E-state index contributed by atoms with van der Waals surface area (Å²) in [6.07, 6.45) is 3.35. The zero-order chi connectivity index (χ0) is 12.4. The molecule has 1 aromatic rings. The lowest BCUT2D eigenvalue weighted by atomic mass is 10.0. The molecule has 94 valence electrons. The van der Waals surface area contributed by atoms with Gasteiger partial charge in [0.15, 0.2) is 0 Å². The molecule has 0 aliphatic heterocycles. The second-order valence-corrected chi connectivity index (χ2v) is 4.81. The van der Waals surface area contributed by atoms with Crippen molar-refractivity contribution in [1.29, 1.82) is 0 Å². The molecule has 0 saturated heterocycles. The number of hydrogen-bond donors (Lipinski definition) is 2. The van der Waals surface area contributed by atoms with Crippen LogP contribution in [0.4, 0.5) is 5.69 Å². The lowest BCUT2D eigenvalue weighted by Crippen LogP contribution is -2.15. The third-order valence-electron chi connectivity index (χ3n) is 3.30. The first kappa shape index (κ1) is 12.3. The van der Waals surface area contributed by atoms with Gasteiger partial charge < -0.3 is 15.1 Å². The molecular weight excluding hydrogens is 216 g/mol. The summed E-state index contributed by atoms with van der Waals surface area (Å²) in [6, 6.07) is 1.91. The quantitative estimate of drug-likeness (QED) is 0.762. The molecule has 2 N–H and O–H groups in total. The summed E-state index contributed by atoms with van der Waals surface area (Å²) in [6.45, 7) is -0.0825. The molecule has 0 spiro atoms. The van der Waals surface area contributed by atoms with Gasteiger partial charge >= 0.3 is 0 Å². The molecule has 17 heavy (non-hydrogen) atoms. The minimum absolute atomic E-state index is 0.0825. The lowest BCUT2D eigenvalue weighted by Gasteiger charge is -2.21. The normalized spacial score (nSPS) is 19.6. The van der Waals surface area contributed by atoms with Crippen molar-refractivity contribution in [1.82, 2.24) is 4.98 Å². The molecule has 1 aliphatic carbocycles. The van der Waals surface area contributed by atoms with Crippen LogP contribution in [0.25, 0.3) is 0 Å². The molecule has 1 heterocycles. The molecule has 4 nitrogen and oxygen atoms in total. The predicted octanol–water partition coefficient (Wildman–Crippen LogP) is 1.40. The number of pyridine rings is 1. The van der Waals surface area contributed by atoms with E-state index in [0.717, 1.165) is 42.6 Å². The molecule has 0 bridgehead atoms. The zero-order valence-corrected chi connectivity index (χ0v) is 10.5. The predicted molar refractivity (Wildman–Crippen MR) is 67.0 cm³/mol. The largest absolute Gasteiger partial charge is 0.390 e. The Hall–Kier alpha value is -1.13. The van der Waals surface area contributed by atoms with Crippen LogP contribution in [0.15, 0.2) is 6.07 Å². The van der Waals surface area contributed by atoms with Crippen molar-refractivity contribution in [2.24, 2.45) is 0 Å². The first-order chi connectivity index (χ1) is 8.13. The van der Waals surface area contributed by atoms with E-state index in [9.17, 15) is 10.2 Å². The topological polar surface area (TPSA) is 56.6 Å². The van der Waals surface area contributed by atoms with Crippen molar-refractivity contribution >= 4 is 5.69 Å². The van der Waals surface area contributed by atoms with Gasteiger partial charge in [0, 0.05) is 19.8 Å². The second kappa shape index (κ2) is 5.02. The third kappa shape index (κ3) is 2.42. The molecule has 2 rings (SSSR count). The molecule has 1 aliphatic rings. The van der Waals surface area contributed by atoms with E-state index in [1.165, 1.54) is 0 Å². The van der Waals surface area contributed by atoms with Gasteiger partial charge in [0.2, 0.25) is 0 Å². The van der Waals surface area contributed by atoms with E-state index >= 15 is 0 Å². The third-order valence-corrected chi connectivity index (χ3v) is 3.30. The zero-order valence-electron chi connectivity index (χ0n) is 10.5. The van der Waals surface area contributed by atoms with E-state index in [1.54, 1.807) is 0 Å². The van der Waals surface area contributed by atoms with Gasteiger partial charge in [-0.25, -0.2) is 0 Å². The van der Waals surface area contributed by atoms with Crippen molar-refractivity contribution in [3.63, 3.8) is 0 Å². The Labute approximate surface area is 102 Å². The molecule has 0 fully saturated rings. The highest BCUT2D eigenvalue weighted by Gasteiger charge is 2.22. The number of anilines is 1. The van der Waals surface area contributed by atoms with Gasteiger partial charge in [0.25, 0.3) is 0 Å². The standard InChI is InChI=1S/C13H20N2O2/c1-15(2)11-7-9(8-16)14-13-10(11)5-3-4-6-12(13)17/h7,12,16-17H,3-6,8H2,1-2H3. The first-order valence-corrected chi connectivity index (χ1v) is 6.12. The van der Waals surface area contributed by atoms with Gasteiger partial charge in [0.1, 0.15) is 0 Å². The van der Waals surface area contributed by atoms with Crippen LogP contribution in [0.3, 0.4) is 0 Å². The highest BCUT2D eigenvalue weighted by Crippen LogP contribution is 2.33. The Morgan fingerprint density at radius 2 is 2.18 bits per heavy atom. The van der Waals surface area contributed by atoms with Crippen LogP contribution in [0.2, 0.25) is 0 Å². The van der Waals surface area contributed by atoms with Crippen LogP contribution in [0, 0.1) is 0 Å². The number of aromatic nitrogens is 1. The Balaban J connectivity index is 2.56. The van der Waals surface area contributed by atoms with Crippen LogP contribution in [0.5, 0.6) is 0 Å². The van der Waals surface area contributed by atoms with E-state index in [0.29, 0.717) is 5.69 Å². The van der Waals surface area contributed by atoms with Gasteiger partial charge in [-0.05, 0) is 30.9 Å². The number of aliphatic hydroxyl groups excluding tert-OH is 2. The summed E-state index contributed by atoms with van der Waals surface area (Å²) in [4.78, 5) is 6.41. The van der Waals surface area contributed by atoms with Crippen molar-refractivity contribution in [3.8, 4) is 0 Å². The van der Waals surface area contributed by atoms with Gasteiger partial charge in [-0.2, -0.15) is 0 Å². The lowest BCUT2D eigenvalue weighted by molar-refractivity contribution is 0.161. The van der Waals surface area contributed by atoms with E-state index in [2.05, 4.69) is 4.98 Å². The fourth-order valence-electron chi connectivity index (χ4n) is 2.42. The van der Waals surface area contributed by atoms with E-state index < -0.39 is 6.10 Å². The highest BCUT2D eigenvalue weighted by molar-refractivity contribution is 5.56. The van der Waals surface area contributed by atoms with Crippen LogP contribution in [-0.4, -0.2) is 29.3 Å². The van der Waals surface area contributed by atoms with Crippen molar-refractivity contribution < 1.29 is 10.2 Å². The smallest absolute Gasteiger partial charge is 0.0963 e. The molecule has 0 aromatic carbocycles. The monoisotopic (exact) mass is 236 g/mol. The Kier molecular flexibility index (Phi) is 3.64. The van der Waals surface area contributed by atoms with Crippen LogP contribution >= 0.6 is 0 Å². The summed E-state index contributed by atoms with van der Waals surface area (Å²) >= 11 is 0. The Bertz CT molecular complexity index is 405. The molecule has 0 saturated carbocycles. The van der Waals surface area contributed by atoms with E-state index in [4.69, 9.17) is 0 Å². The number of aliphatic hydroxyl groups is 2. The maximum Gasteiger partial charge on any atom is 0.0963 e. The summed E-state index contributed by atoms with van der Waals surface area (Å²) < 4.78 is 0. The average Bonchev–Trinajstić information content (AvgIpc) is 2.50. The molecule has 1 unspecified atom stereocenters. The maximum atomic E-state index is 10.1.